The molecule has 2 nitrogen and oxygen atoms in total. The molecule has 0 bridgehead atoms. The van der Waals surface area contributed by atoms with E-state index < -0.39 is 0 Å². The van der Waals surface area contributed by atoms with E-state index >= 15 is 0 Å². The summed E-state index contributed by atoms with van der Waals surface area (Å²) in [4.78, 5) is 2.14. The highest BCUT2D eigenvalue weighted by Crippen LogP contribution is 2.21. The van der Waals surface area contributed by atoms with Crippen LogP contribution in [0.4, 0.5) is 4.39 Å². The van der Waals surface area contributed by atoms with Gasteiger partial charge in [0.2, 0.25) is 0 Å². The van der Waals surface area contributed by atoms with Crippen LogP contribution in [0.1, 0.15) is 24.8 Å². The number of nitrogens with zero attached hydrogens (tertiary/aromatic N) is 1. The van der Waals surface area contributed by atoms with Crippen LogP contribution in [-0.2, 0) is 6.54 Å². The average molecular weight is 328 g/mol. The van der Waals surface area contributed by atoms with Crippen molar-refractivity contribution in [2.45, 2.75) is 31.8 Å². The summed E-state index contributed by atoms with van der Waals surface area (Å²) < 4.78 is 14.7. The van der Waals surface area contributed by atoms with Crippen molar-refractivity contribution in [2.75, 3.05) is 13.2 Å². The van der Waals surface area contributed by atoms with Crippen molar-refractivity contribution in [3.8, 4) is 0 Å². The molecule has 1 aromatic carbocycles. The van der Waals surface area contributed by atoms with Crippen LogP contribution in [0.25, 0.3) is 0 Å². The summed E-state index contributed by atoms with van der Waals surface area (Å²) in [6, 6.07) is 5.30. The van der Waals surface area contributed by atoms with Crippen LogP contribution >= 0.6 is 15.9 Å². The Labute approximate surface area is 122 Å². The van der Waals surface area contributed by atoms with Crippen LogP contribution in [0.3, 0.4) is 0 Å². The summed E-state index contributed by atoms with van der Waals surface area (Å²) in [6.45, 7) is 1.20. The third kappa shape index (κ3) is 4.13. The molecular weight excluding hydrogens is 309 g/mol. The van der Waals surface area contributed by atoms with E-state index in [9.17, 15) is 9.50 Å². The quantitative estimate of drug-likeness (QED) is 0.837. The lowest BCUT2D eigenvalue weighted by Gasteiger charge is -2.31. The van der Waals surface area contributed by atoms with E-state index in [4.69, 9.17) is 0 Å². The van der Waals surface area contributed by atoms with Crippen molar-refractivity contribution >= 4 is 15.9 Å². The molecule has 0 saturated carbocycles. The standard InChI is InChI=1S/C15H19BrFNO/c16-13-6-7-15(17)12(10-13)11-18(8-9-19)14-4-2-1-3-5-14/h2,4,6-7,10,14,19H,1,3,5,8-9,11H2. The maximum atomic E-state index is 13.8. The fraction of sp³-hybridized carbons (Fsp3) is 0.467. The van der Waals surface area contributed by atoms with Gasteiger partial charge < -0.3 is 5.11 Å². The normalized spacial score (nSPS) is 19.1. The highest BCUT2D eigenvalue weighted by atomic mass is 79.9. The molecule has 104 valence electrons. The lowest BCUT2D eigenvalue weighted by atomic mass is 10.0. The Morgan fingerprint density at radius 3 is 2.95 bits per heavy atom. The van der Waals surface area contributed by atoms with E-state index in [1.54, 1.807) is 6.07 Å². The predicted octanol–water partition coefficient (Wildman–Crippen LogP) is 3.49. The third-order valence-corrected chi connectivity index (χ3v) is 3.96. The summed E-state index contributed by atoms with van der Waals surface area (Å²) in [7, 11) is 0. The van der Waals surface area contributed by atoms with Crippen LogP contribution < -0.4 is 0 Å². The van der Waals surface area contributed by atoms with Gasteiger partial charge in [0.05, 0.1) is 6.61 Å². The van der Waals surface area contributed by atoms with E-state index in [1.165, 1.54) is 6.07 Å². The van der Waals surface area contributed by atoms with E-state index in [-0.39, 0.29) is 12.4 Å². The number of hydrogen-bond donors (Lipinski definition) is 1. The zero-order chi connectivity index (χ0) is 13.7. The van der Waals surface area contributed by atoms with Gasteiger partial charge in [0.25, 0.3) is 0 Å². The number of aliphatic hydroxyl groups is 1. The topological polar surface area (TPSA) is 23.5 Å². The molecule has 0 amide bonds. The molecule has 0 fully saturated rings. The Morgan fingerprint density at radius 2 is 2.26 bits per heavy atom. The van der Waals surface area contributed by atoms with Crippen LogP contribution in [0.5, 0.6) is 0 Å². The zero-order valence-corrected chi connectivity index (χ0v) is 12.4. The van der Waals surface area contributed by atoms with Gasteiger partial charge in [-0.3, -0.25) is 4.90 Å². The predicted molar refractivity (Wildman–Crippen MR) is 78.4 cm³/mol. The fourth-order valence-electron chi connectivity index (χ4n) is 2.47. The van der Waals surface area contributed by atoms with Gasteiger partial charge in [0, 0.05) is 29.2 Å². The van der Waals surface area contributed by atoms with Crippen LogP contribution in [-0.4, -0.2) is 29.2 Å². The van der Waals surface area contributed by atoms with Crippen molar-refractivity contribution < 1.29 is 9.50 Å². The minimum atomic E-state index is -0.189. The van der Waals surface area contributed by atoms with Crippen molar-refractivity contribution in [2.24, 2.45) is 0 Å². The highest BCUT2D eigenvalue weighted by Gasteiger charge is 2.18. The molecule has 0 saturated heterocycles. The van der Waals surface area contributed by atoms with Gasteiger partial charge in [-0.2, -0.15) is 0 Å². The van der Waals surface area contributed by atoms with Gasteiger partial charge in [-0.15, -0.1) is 0 Å². The van der Waals surface area contributed by atoms with Crippen molar-refractivity contribution in [3.05, 3.63) is 46.2 Å². The molecule has 1 unspecified atom stereocenters. The summed E-state index contributed by atoms with van der Waals surface area (Å²) in [5.41, 5.74) is 0.668. The minimum absolute atomic E-state index is 0.0972. The largest absolute Gasteiger partial charge is 0.395 e. The molecule has 0 radical (unpaired) electrons. The van der Waals surface area contributed by atoms with E-state index in [0.717, 1.165) is 23.7 Å². The summed E-state index contributed by atoms with van der Waals surface area (Å²) >= 11 is 3.37. The van der Waals surface area contributed by atoms with E-state index in [0.29, 0.717) is 24.7 Å². The molecule has 1 aliphatic rings. The van der Waals surface area contributed by atoms with Gasteiger partial charge in [0.15, 0.2) is 0 Å². The summed E-state index contributed by atoms with van der Waals surface area (Å²) in [5, 5.41) is 9.20. The number of benzene rings is 1. The SMILES string of the molecule is OCCN(Cc1cc(Br)ccc1F)C1C=CCCC1. The smallest absolute Gasteiger partial charge is 0.127 e. The zero-order valence-electron chi connectivity index (χ0n) is 10.9. The number of hydrogen-bond acceptors (Lipinski definition) is 2. The van der Waals surface area contributed by atoms with Crippen molar-refractivity contribution in [1.82, 2.24) is 4.90 Å². The Morgan fingerprint density at radius 1 is 1.42 bits per heavy atom. The van der Waals surface area contributed by atoms with Crippen molar-refractivity contribution in [1.29, 1.82) is 0 Å². The molecule has 0 aliphatic heterocycles. The van der Waals surface area contributed by atoms with Gasteiger partial charge in [-0.05, 0) is 37.5 Å². The van der Waals surface area contributed by atoms with Gasteiger partial charge in [0.1, 0.15) is 5.82 Å². The second-order valence-electron chi connectivity index (χ2n) is 4.86. The molecule has 4 heteroatoms. The van der Waals surface area contributed by atoms with Gasteiger partial charge in [-0.25, -0.2) is 4.39 Å². The van der Waals surface area contributed by atoms with Gasteiger partial charge >= 0.3 is 0 Å². The molecule has 1 atom stereocenters. The molecule has 19 heavy (non-hydrogen) atoms. The van der Waals surface area contributed by atoms with E-state index in [2.05, 4.69) is 33.0 Å². The van der Waals surface area contributed by atoms with Crippen LogP contribution in [0.15, 0.2) is 34.8 Å². The average Bonchev–Trinajstić information content (AvgIpc) is 2.43. The molecular formula is C15H19BrFNO. The van der Waals surface area contributed by atoms with Crippen LogP contribution in [0, 0.1) is 5.82 Å². The Kier molecular flexibility index (Phi) is 5.55. The van der Waals surface area contributed by atoms with Crippen LogP contribution in [0.2, 0.25) is 0 Å². The number of allylic oxidation sites excluding steroid dienone is 1. The Bertz CT molecular complexity index is 450. The van der Waals surface area contributed by atoms with Gasteiger partial charge in [-0.1, -0.05) is 28.1 Å². The number of halogens is 2. The molecule has 2 rings (SSSR count). The van der Waals surface area contributed by atoms with E-state index in [1.807, 2.05) is 6.07 Å². The highest BCUT2D eigenvalue weighted by molar-refractivity contribution is 9.10. The first-order chi connectivity index (χ1) is 9.20. The number of rotatable bonds is 5. The summed E-state index contributed by atoms with van der Waals surface area (Å²) in [6.07, 6.45) is 7.70. The third-order valence-electron chi connectivity index (χ3n) is 3.47. The molecule has 1 N–H and O–H groups in total. The molecule has 1 aromatic rings. The number of aliphatic hydroxyl groups excluding tert-OH is 1. The maximum absolute atomic E-state index is 13.8. The first kappa shape index (κ1) is 14.7. The second-order valence-corrected chi connectivity index (χ2v) is 5.77. The fourth-order valence-corrected chi connectivity index (χ4v) is 2.88. The maximum Gasteiger partial charge on any atom is 0.127 e. The first-order valence-corrected chi connectivity index (χ1v) is 7.45. The minimum Gasteiger partial charge on any atom is -0.395 e. The molecule has 1 aliphatic carbocycles. The lowest BCUT2D eigenvalue weighted by molar-refractivity contribution is 0.154. The summed E-state index contributed by atoms with van der Waals surface area (Å²) in [5.74, 6) is -0.189. The second kappa shape index (κ2) is 7.17. The molecule has 0 heterocycles. The molecule has 0 spiro atoms. The van der Waals surface area contributed by atoms with Crippen molar-refractivity contribution in [3.63, 3.8) is 0 Å². The Hall–Kier alpha value is -0.710. The Balaban J connectivity index is 2.13. The molecule has 0 aromatic heterocycles. The first-order valence-electron chi connectivity index (χ1n) is 6.66. The monoisotopic (exact) mass is 327 g/mol. The lowest BCUT2D eigenvalue weighted by Crippen LogP contribution is -2.36.